The van der Waals surface area contributed by atoms with E-state index in [4.69, 9.17) is 4.98 Å². The van der Waals surface area contributed by atoms with Crippen molar-refractivity contribution >= 4 is 0 Å². The molecule has 0 saturated carbocycles. The zero-order chi connectivity index (χ0) is 18.6. The van der Waals surface area contributed by atoms with Crippen molar-refractivity contribution in [3.05, 3.63) is 48.8 Å². The number of H-pyrrole nitrogens is 1. The molecule has 9 nitrogen and oxygen atoms in total. The molecule has 3 aromatic heterocycles. The first kappa shape index (κ1) is 17.0. The van der Waals surface area contributed by atoms with Crippen LogP contribution in [0, 0.1) is 0 Å². The summed E-state index contributed by atoms with van der Waals surface area (Å²) < 4.78 is 1.73. The van der Waals surface area contributed by atoms with Crippen LogP contribution in [0.5, 0.6) is 0 Å². The Labute approximate surface area is 155 Å². The SMILES string of the molecule is CC[C@H](O)Cn1nc(-c2ccncc2)nc1-c1ccccc1-c1nn[nH]n1. The third kappa shape index (κ3) is 3.44. The van der Waals surface area contributed by atoms with Crippen LogP contribution in [0.4, 0.5) is 0 Å². The van der Waals surface area contributed by atoms with E-state index in [0.29, 0.717) is 30.4 Å². The van der Waals surface area contributed by atoms with Gasteiger partial charge in [0.2, 0.25) is 5.82 Å². The van der Waals surface area contributed by atoms with Gasteiger partial charge in [0.25, 0.3) is 0 Å². The molecule has 0 unspecified atom stereocenters. The summed E-state index contributed by atoms with van der Waals surface area (Å²) in [6.45, 7) is 2.27. The molecule has 4 aromatic rings. The molecule has 0 fully saturated rings. The van der Waals surface area contributed by atoms with Gasteiger partial charge >= 0.3 is 0 Å². The van der Waals surface area contributed by atoms with Crippen LogP contribution in [-0.2, 0) is 6.54 Å². The van der Waals surface area contributed by atoms with Crippen LogP contribution in [0.1, 0.15) is 13.3 Å². The van der Waals surface area contributed by atoms with Crippen molar-refractivity contribution in [3.63, 3.8) is 0 Å². The van der Waals surface area contributed by atoms with E-state index in [1.165, 1.54) is 0 Å². The van der Waals surface area contributed by atoms with Crippen molar-refractivity contribution in [1.29, 1.82) is 0 Å². The number of aliphatic hydroxyl groups is 1. The van der Waals surface area contributed by atoms with Crippen molar-refractivity contribution in [2.75, 3.05) is 0 Å². The number of benzene rings is 1. The molecule has 0 aliphatic rings. The van der Waals surface area contributed by atoms with Gasteiger partial charge in [-0.1, -0.05) is 31.2 Å². The van der Waals surface area contributed by atoms with E-state index in [2.05, 4.69) is 30.7 Å². The molecule has 136 valence electrons. The van der Waals surface area contributed by atoms with Crippen LogP contribution in [0.15, 0.2) is 48.8 Å². The van der Waals surface area contributed by atoms with Gasteiger partial charge in [0.05, 0.1) is 12.6 Å². The average Bonchev–Trinajstić information content (AvgIpc) is 3.39. The Morgan fingerprint density at radius 2 is 1.85 bits per heavy atom. The zero-order valence-electron chi connectivity index (χ0n) is 14.7. The number of aromatic amines is 1. The van der Waals surface area contributed by atoms with Gasteiger partial charge in [-0.2, -0.15) is 10.3 Å². The fourth-order valence-electron chi connectivity index (χ4n) is 2.77. The van der Waals surface area contributed by atoms with Gasteiger partial charge in [-0.05, 0) is 23.8 Å². The Balaban J connectivity index is 1.86. The lowest BCUT2D eigenvalue weighted by Gasteiger charge is -2.11. The number of hydrogen-bond donors (Lipinski definition) is 2. The molecule has 0 aliphatic carbocycles. The maximum atomic E-state index is 10.2. The number of rotatable bonds is 6. The molecule has 2 N–H and O–H groups in total. The van der Waals surface area contributed by atoms with E-state index in [1.807, 2.05) is 43.3 Å². The Morgan fingerprint density at radius 1 is 1.07 bits per heavy atom. The summed E-state index contributed by atoms with van der Waals surface area (Å²) >= 11 is 0. The van der Waals surface area contributed by atoms with Gasteiger partial charge in [-0.3, -0.25) is 4.98 Å². The fraction of sp³-hybridized carbons (Fsp3) is 0.222. The van der Waals surface area contributed by atoms with Crippen molar-refractivity contribution < 1.29 is 5.11 Å². The van der Waals surface area contributed by atoms with Crippen LogP contribution in [0.3, 0.4) is 0 Å². The first-order chi connectivity index (χ1) is 13.3. The monoisotopic (exact) mass is 362 g/mol. The lowest BCUT2D eigenvalue weighted by molar-refractivity contribution is 0.146. The van der Waals surface area contributed by atoms with E-state index in [1.54, 1.807) is 17.1 Å². The first-order valence-electron chi connectivity index (χ1n) is 8.62. The van der Waals surface area contributed by atoms with E-state index in [9.17, 15) is 5.11 Å². The van der Waals surface area contributed by atoms with Gasteiger partial charge in [-0.25, -0.2) is 9.67 Å². The number of pyridine rings is 1. The minimum atomic E-state index is -0.520. The molecule has 1 atom stereocenters. The summed E-state index contributed by atoms with van der Waals surface area (Å²) in [5.74, 6) is 1.68. The van der Waals surface area contributed by atoms with Gasteiger partial charge in [0.1, 0.15) is 0 Å². The van der Waals surface area contributed by atoms with E-state index in [0.717, 1.165) is 16.7 Å². The molecule has 0 amide bonds. The highest BCUT2D eigenvalue weighted by molar-refractivity contribution is 5.77. The predicted molar refractivity (Wildman–Crippen MR) is 98.2 cm³/mol. The number of nitrogens with one attached hydrogen (secondary N) is 1. The number of tetrazole rings is 1. The van der Waals surface area contributed by atoms with Crippen molar-refractivity contribution in [1.82, 2.24) is 40.4 Å². The van der Waals surface area contributed by atoms with E-state index < -0.39 is 6.10 Å². The van der Waals surface area contributed by atoms with Crippen molar-refractivity contribution in [2.24, 2.45) is 0 Å². The molecule has 9 heteroatoms. The van der Waals surface area contributed by atoms with Crippen LogP contribution in [-0.4, -0.2) is 51.6 Å². The largest absolute Gasteiger partial charge is 0.391 e. The molecular weight excluding hydrogens is 344 g/mol. The fourth-order valence-corrected chi connectivity index (χ4v) is 2.77. The van der Waals surface area contributed by atoms with Crippen molar-refractivity contribution in [2.45, 2.75) is 26.0 Å². The van der Waals surface area contributed by atoms with E-state index >= 15 is 0 Å². The van der Waals surface area contributed by atoms with E-state index in [-0.39, 0.29) is 0 Å². The molecule has 0 radical (unpaired) electrons. The highest BCUT2D eigenvalue weighted by Crippen LogP contribution is 2.30. The second kappa shape index (κ2) is 7.42. The minimum Gasteiger partial charge on any atom is -0.391 e. The van der Waals surface area contributed by atoms with Gasteiger partial charge in [0, 0.05) is 29.1 Å². The first-order valence-corrected chi connectivity index (χ1v) is 8.62. The third-order valence-corrected chi connectivity index (χ3v) is 4.22. The minimum absolute atomic E-state index is 0.338. The van der Waals surface area contributed by atoms with Gasteiger partial charge in [-0.15, -0.1) is 10.2 Å². The summed E-state index contributed by atoms with van der Waals surface area (Å²) in [6.07, 6.45) is 3.50. The van der Waals surface area contributed by atoms with Gasteiger partial charge in [0.15, 0.2) is 11.6 Å². The van der Waals surface area contributed by atoms with Gasteiger partial charge < -0.3 is 5.11 Å². The summed E-state index contributed by atoms with van der Waals surface area (Å²) in [5, 5.41) is 29.1. The lowest BCUT2D eigenvalue weighted by atomic mass is 10.1. The molecule has 27 heavy (non-hydrogen) atoms. The third-order valence-electron chi connectivity index (χ3n) is 4.22. The molecule has 3 heterocycles. The maximum Gasteiger partial charge on any atom is 0.205 e. The Morgan fingerprint density at radius 3 is 2.56 bits per heavy atom. The number of nitrogens with zero attached hydrogens (tertiary/aromatic N) is 7. The van der Waals surface area contributed by atoms with Crippen molar-refractivity contribution in [3.8, 4) is 34.2 Å². The number of aromatic nitrogens is 8. The van der Waals surface area contributed by atoms with Crippen LogP contribution in [0.2, 0.25) is 0 Å². The summed E-state index contributed by atoms with van der Waals surface area (Å²) in [5.41, 5.74) is 2.45. The second-order valence-corrected chi connectivity index (χ2v) is 6.02. The van der Waals surface area contributed by atoms with Crippen LogP contribution in [0.25, 0.3) is 34.2 Å². The van der Waals surface area contributed by atoms with Crippen LogP contribution < -0.4 is 0 Å². The number of aliphatic hydroxyl groups excluding tert-OH is 1. The predicted octanol–water partition coefficient (Wildman–Crippen LogP) is 1.96. The lowest BCUT2D eigenvalue weighted by Crippen LogP contribution is -2.17. The summed E-state index contributed by atoms with van der Waals surface area (Å²) in [6, 6.07) is 11.4. The Kier molecular flexibility index (Phi) is 4.67. The molecule has 0 spiro atoms. The maximum absolute atomic E-state index is 10.2. The quantitative estimate of drug-likeness (QED) is 0.538. The Bertz CT molecular complexity index is 1010. The smallest absolute Gasteiger partial charge is 0.205 e. The number of hydrogen-bond acceptors (Lipinski definition) is 7. The Hall–Kier alpha value is -3.46. The summed E-state index contributed by atoms with van der Waals surface area (Å²) in [4.78, 5) is 8.77. The topological polar surface area (TPSA) is 118 Å². The molecule has 1 aromatic carbocycles. The molecule has 0 aliphatic heterocycles. The normalized spacial score (nSPS) is 12.2. The summed E-state index contributed by atoms with van der Waals surface area (Å²) in [7, 11) is 0. The molecule has 0 bridgehead atoms. The standard InChI is InChI=1S/C18H18N8O/c1-2-13(27)11-26-18(20-16(23-26)12-7-9-19-10-8-12)15-6-4-3-5-14(15)17-21-24-25-22-17/h3-10,13,27H,2,11H2,1H3,(H,21,22,24,25)/t13-/m0/s1. The highest BCUT2D eigenvalue weighted by Gasteiger charge is 2.19. The molecule has 4 rings (SSSR count). The average molecular weight is 362 g/mol. The molecular formula is C18H18N8O. The highest BCUT2D eigenvalue weighted by atomic mass is 16.3. The second-order valence-electron chi connectivity index (χ2n) is 6.02. The zero-order valence-corrected chi connectivity index (χ0v) is 14.7. The van der Waals surface area contributed by atoms with Crippen LogP contribution >= 0.6 is 0 Å². The molecule has 0 saturated heterocycles.